The first kappa shape index (κ1) is 12.4. The Hall–Kier alpha value is -2.66. The lowest BCUT2D eigenvalue weighted by Gasteiger charge is -2.20. The number of benzene rings is 2. The van der Waals surface area contributed by atoms with Crippen LogP contribution in [0.4, 0.5) is 5.69 Å². The zero-order valence-electron chi connectivity index (χ0n) is 10.4. The van der Waals surface area contributed by atoms with Crippen molar-refractivity contribution in [2.24, 2.45) is 0 Å². The van der Waals surface area contributed by atoms with Crippen molar-refractivity contribution in [1.29, 1.82) is 0 Å². The number of aliphatic hydroxyl groups excluding tert-OH is 1. The van der Waals surface area contributed by atoms with Crippen LogP contribution in [0.3, 0.4) is 0 Å². The number of carboxylic acids is 1. The third-order valence-electron chi connectivity index (χ3n) is 3.33. The highest BCUT2D eigenvalue weighted by molar-refractivity contribution is 6.10. The molecule has 1 aliphatic heterocycles. The molecule has 1 amide bonds. The van der Waals surface area contributed by atoms with Crippen LogP contribution in [0.15, 0.2) is 48.5 Å². The van der Waals surface area contributed by atoms with E-state index in [0.717, 1.165) is 0 Å². The molecular weight excluding hydrogens is 258 g/mol. The fraction of sp³-hybridized carbons (Fsp3) is 0.0667. The van der Waals surface area contributed by atoms with Crippen LogP contribution in [0.5, 0.6) is 0 Å². The molecule has 0 bridgehead atoms. The van der Waals surface area contributed by atoms with Gasteiger partial charge in [0.15, 0.2) is 6.23 Å². The number of carbonyl (C=O) groups excluding carboxylic acids is 1. The number of amides is 1. The zero-order chi connectivity index (χ0) is 14.3. The fourth-order valence-corrected chi connectivity index (χ4v) is 2.32. The van der Waals surface area contributed by atoms with Gasteiger partial charge in [0.05, 0.1) is 5.56 Å². The summed E-state index contributed by atoms with van der Waals surface area (Å²) in [5, 5.41) is 19.1. The standard InChI is InChI=1S/C15H11NO4/c17-13-11-3-1-2-4-12(11)14(18)16(13)10-7-5-9(6-8-10)15(19)20/h1-8,13,17H,(H,19,20). The number of fused-ring (bicyclic) bond motifs is 1. The molecule has 0 spiro atoms. The Morgan fingerprint density at radius 2 is 1.70 bits per heavy atom. The van der Waals surface area contributed by atoms with Gasteiger partial charge in [0, 0.05) is 16.8 Å². The van der Waals surface area contributed by atoms with Crippen LogP contribution in [0.2, 0.25) is 0 Å². The van der Waals surface area contributed by atoms with E-state index in [1.54, 1.807) is 24.3 Å². The highest BCUT2D eigenvalue weighted by Gasteiger charge is 2.36. The summed E-state index contributed by atoms with van der Waals surface area (Å²) >= 11 is 0. The van der Waals surface area contributed by atoms with Gasteiger partial charge >= 0.3 is 5.97 Å². The van der Waals surface area contributed by atoms with Crippen molar-refractivity contribution < 1.29 is 19.8 Å². The molecule has 20 heavy (non-hydrogen) atoms. The molecule has 100 valence electrons. The minimum Gasteiger partial charge on any atom is -0.478 e. The molecule has 1 unspecified atom stereocenters. The Labute approximate surface area is 114 Å². The maximum Gasteiger partial charge on any atom is 0.335 e. The maximum absolute atomic E-state index is 12.3. The average molecular weight is 269 g/mol. The molecule has 0 aliphatic carbocycles. The summed E-state index contributed by atoms with van der Waals surface area (Å²) in [5.41, 5.74) is 1.61. The average Bonchev–Trinajstić information content (AvgIpc) is 2.72. The first-order chi connectivity index (χ1) is 9.59. The third kappa shape index (κ3) is 1.76. The predicted molar refractivity (Wildman–Crippen MR) is 71.6 cm³/mol. The van der Waals surface area contributed by atoms with E-state index in [1.165, 1.54) is 29.2 Å². The first-order valence-corrected chi connectivity index (χ1v) is 6.03. The number of hydrogen-bond donors (Lipinski definition) is 2. The van der Waals surface area contributed by atoms with Gasteiger partial charge in [-0.05, 0) is 30.3 Å². The Morgan fingerprint density at radius 1 is 1.05 bits per heavy atom. The molecule has 2 N–H and O–H groups in total. The number of aromatic carboxylic acids is 1. The molecule has 2 aromatic rings. The summed E-state index contributed by atoms with van der Waals surface area (Å²) in [6.45, 7) is 0. The molecule has 0 saturated carbocycles. The number of carboxylic acid groups (broad SMARTS) is 1. The minimum absolute atomic E-state index is 0.132. The second kappa shape index (κ2) is 4.47. The third-order valence-corrected chi connectivity index (χ3v) is 3.33. The van der Waals surface area contributed by atoms with Crippen molar-refractivity contribution in [3.05, 3.63) is 65.2 Å². The van der Waals surface area contributed by atoms with Crippen molar-refractivity contribution in [1.82, 2.24) is 0 Å². The van der Waals surface area contributed by atoms with Crippen LogP contribution in [-0.4, -0.2) is 22.1 Å². The maximum atomic E-state index is 12.3. The topological polar surface area (TPSA) is 77.8 Å². The zero-order valence-corrected chi connectivity index (χ0v) is 10.4. The fourth-order valence-electron chi connectivity index (χ4n) is 2.32. The molecule has 1 atom stereocenters. The van der Waals surface area contributed by atoms with E-state index in [1.807, 2.05) is 0 Å². The molecule has 0 aromatic heterocycles. The van der Waals surface area contributed by atoms with Crippen molar-refractivity contribution in [3.8, 4) is 0 Å². The number of carbonyl (C=O) groups is 2. The van der Waals surface area contributed by atoms with Gasteiger partial charge in [-0.15, -0.1) is 0 Å². The second-order valence-electron chi connectivity index (χ2n) is 4.49. The molecule has 1 heterocycles. The van der Waals surface area contributed by atoms with Crippen LogP contribution in [0.25, 0.3) is 0 Å². The summed E-state index contributed by atoms with van der Waals surface area (Å²) in [7, 11) is 0. The smallest absolute Gasteiger partial charge is 0.335 e. The SMILES string of the molecule is O=C(O)c1ccc(N2C(=O)c3ccccc3C2O)cc1. The van der Waals surface area contributed by atoms with E-state index in [2.05, 4.69) is 0 Å². The van der Waals surface area contributed by atoms with Gasteiger partial charge in [0.25, 0.3) is 5.91 Å². The molecule has 0 fully saturated rings. The lowest BCUT2D eigenvalue weighted by Crippen LogP contribution is -2.27. The molecule has 3 rings (SSSR count). The Morgan fingerprint density at radius 3 is 2.30 bits per heavy atom. The van der Waals surface area contributed by atoms with Crippen LogP contribution >= 0.6 is 0 Å². The number of nitrogens with zero attached hydrogens (tertiary/aromatic N) is 1. The Bertz CT molecular complexity index is 693. The molecule has 1 aliphatic rings. The number of anilines is 1. The molecule has 5 nitrogen and oxygen atoms in total. The van der Waals surface area contributed by atoms with Crippen LogP contribution in [-0.2, 0) is 0 Å². The van der Waals surface area contributed by atoms with Crippen molar-refractivity contribution in [2.75, 3.05) is 4.90 Å². The largest absolute Gasteiger partial charge is 0.478 e. The first-order valence-electron chi connectivity index (χ1n) is 6.03. The summed E-state index contributed by atoms with van der Waals surface area (Å²) in [6, 6.07) is 12.7. The lowest BCUT2D eigenvalue weighted by atomic mass is 10.1. The summed E-state index contributed by atoms with van der Waals surface area (Å²) in [6.07, 6.45) is -1.05. The van der Waals surface area contributed by atoms with Gasteiger partial charge < -0.3 is 10.2 Å². The van der Waals surface area contributed by atoms with Crippen LogP contribution < -0.4 is 4.90 Å². The quantitative estimate of drug-likeness (QED) is 0.874. The van der Waals surface area contributed by atoms with E-state index in [4.69, 9.17) is 5.11 Å². The van der Waals surface area contributed by atoms with Gasteiger partial charge in [0.2, 0.25) is 0 Å². The van der Waals surface area contributed by atoms with E-state index >= 15 is 0 Å². The monoisotopic (exact) mass is 269 g/mol. The number of aliphatic hydroxyl groups is 1. The van der Waals surface area contributed by atoms with Gasteiger partial charge in [-0.3, -0.25) is 9.69 Å². The summed E-state index contributed by atoms with van der Waals surface area (Å²) in [5.74, 6) is -1.33. The molecule has 0 saturated heterocycles. The Kier molecular flexibility index (Phi) is 2.76. The normalized spacial score (nSPS) is 17.1. The van der Waals surface area contributed by atoms with E-state index in [9.17, 15) is 14.7 Å². The molecular formula is C15H11NO4. The Balaban J connectivity index is 2.00. The number of hydrogen-bond acceptors (Lipinski definition) is 3. The van der Waals surface area contributed by atoms with Crippen molar-refractivity contribution in [2.45, 2.75) is 6.23 Å². The van der Waals surface area contributed by atoms with E-state index < -0.39 is 12.2 Å². The predicted octanol–water partition coefficient (Wildman–Crippen LogP) is 2.04. The van der Waals surface area contributed by atoms with Gasteiger partial charge in [-0.2, -0.15) is 0 Å². The highest BCUT2D eigenvalue weighted by Crippen LogP contribution is 2.35. The number of rotatable bonds is 2. The summed E-state index contributed by atoms with van der Waals surface area (Å²) < 4.78 is 0. The van der Waals surface area contributed by atoms with Gasteiger partial charge in [-0.1, -0.05) is 18.2 Å². The van der Waals surface area contributed by atoms with E-state index in [0.29, 0.717) is 16.8 Å². The lowest BCUT2D eigenvalue weighted by molar-refractivity contribution is 0.0696. The van der Waals surface area contributed by atoms with Crippen molar-refractivity contribution >= 4 is 17.6 Å². The molecule has 5 heteroatoms. The molecule has 2 aromatic carbocycles. The highest BCUT2D eigenvalue weighted by atomic mass is 16.4. The van der Waals surface area contributed by atoms with Crippen molar-refractivity contribution in [3.63, 3.8) is 0 Å². The summed E-state index contributed by atoms with van der Waals surface area (Å²) in [4.78, 5) is 24.3. The van der Waals surface area contributed by atoms with E-state index in [-0.39, 0.29) is 11.5 Å². The second-order valence-corrected chi connectivity index (χ2v) is 4.49. The minimum atomic E-state index is -1.05. The van der Waals surface area contributed by atoms with Gasteiger partial charge in [0.1, 0.15) is 0 Å². The molecule has 0 radical (unpaired) electrons. The van der Waals surface area contributed by atoms with Crippen LogP contribution in [0, 0.1) is 0 Å². The van der Waals surface area contributed by atoms with Gasteiger partial charge in [-0.25, -0.2) is 4.79 Å². The van der Waals surface area contributed by atoms with Crippen LogP contribution in [0.1, 0.15) is 32.5 Å².